The summed E-state index contributed by atoms with van der Waals surface area (Å²) in [5.41, 5.74) is 2.55. The van der Waals surface area contributed by atoms with Crippen LogP contribution in [0.15, 0.2) is 47.0 Å². The number of carbonyl (C=O) groups is 1. The number of carbonyl (C=O) groups excluding carboxylic acids is 1. The number of aromatic nitrogens is 2. The Morgan fingerprint density at radius 2 is 1.96 bits per heavy atom. The third-order valence-electron chi connectivity index (χ3n) is 4.21. The van der Waals surface area contributed by atoms with Gasteiger partial charge in [-0.2, -0.15) is 4.98 Å². The molecule has 1 saturated carbocycles. The fraction of sp³-hybridized carbons (Fsp3) is 0.211. The highest BCUT2D eigenvalue weighted by Crippen LogP contribution is 2.39. The molecule has 1 aliphatic rings. The van der Waals surface area contributed by atoms with Crippen molar-refractivity contribution < 1.29 is 13.7 Å². The quantitative estimate of drug-likeness (QED) is 0.770. The summed E-state index contributed by atoms with van der Waals surface area (Å²) < 4.78 is 18.4. The Kier molecular flexibility index (Phi) is 3.80. The van der Waals surface area contributed by atoms with Gasteiger partial charge in [-0.3, -0.25) is 4.79 Å². The Balaban J connectivity index is 1.49. The topological polar surface area (TPSA) is 68.0 Å². The van der Waals surface area contributed by atoms with Crippen molar-refractivity contribution in [3.8, 4) is 11.4 Å². The third kappa shape index (κ3) is 3.28. The van der Waals surface area contributed by atoms with Crippen LogP contribution in [-0.2, 0) is 0 Å². The molecule has 4 rings (SSSR count). The van der Waals surface area contributed by atoms with Crippen LogP contribution in [0.4, 0.5) is 10.1 Å². The van der Waals surface area contributed by atoms with Crippen molar-refractivity contribution >= 4 is 11.6 Å². The van der Waals surface area contributed by atoms with Crippen molar-refractivity contribution in [2.24, 2.45) is 0 Å². The maximum absolute atomic E-state index is 13.1. The Morgan fingerprint density at radius 3 is 2.64 bits per heavy atom. The van der Waals surface area contributed by atoms with Crippen molar-refractivity contribution in [1.29, 1.82) is 0 Å². The number of rotatable bonds is 4. The van der Waals surface area contributed by atoms with E-state index >= 15 is 0 Å². The van der Waals surface area contributed by atoms with Gasteiger partial charge in [0.1, 0.15) is 5.82 Å². The molecule has 0 saturated heterocycles. The first-order chi connectivity index (χ1) is 12.1. The molecule has 1 aliphatic carbocycles. The molecule has 5 nitrogen and oxygen atoms in total. The van der Waals surface area contributed by atoms with E-state index < -0.39 is 0 Å². The number of nitrogens with one attached hydrogen (secondary N) is 1. The first kappa shape index (κ1) is 15.5. The van der Waals surface area contributed by atoms with Crippen LogP contribution in [0, 0.1) is 12.7 Å². The summed E-state index contributed by atoms with van der Waals surface area (Å²) in [7, 11) is 0. The molecule has 3 aromatic rings. The minimum absolute atomic E-state index is 0.256. The summed E-state index contributed by atoms with van der Waals surface area (Å²) in [4.78, 5) is 16.7. The average molecular weight is 337 g/mol. The predicted molar refractivity (Wildman–Crippen MR) is 90.8 cm³/mol. The molecule has 1 fully saturated rings. The van der Waals surface area contributed by atoms with Gasteiger partial charge in [0.15, 0.2) is 0 Å². The molecule has 1 amide bonds. The first-order valence-electron chi connectivity index (χ1n) is 8.12. The van der Waals surface area contributed by atoms with Gasteiger partial charge in [-0.1, -0.05) is 17.3 Å². The van der Waals surface area contributed by atoms with Crippen LogP contribution in [-0.4, -0.2) is 16.0 Å². The van der Waals surface area contributed by atoms with E-state index in [2.05, 4.69) is 15.5 Å². The number of benzene rings is 2. The highest BCUT2D eigenvalue weighted by molar-refractivity contribution is 6.04. The van der Waals surface area contributed by atoms with E-state index in [4.69, 9.17) is 4.52 Å². The molecule has 2 aromatic carbocycles. The van der Waals surface area contributed by atoms with Crippen LogP contribution in [0.1, 0.15) is 40.6 Å². The maximum atomic E-state index is 13.1. The fourth-order valence-electron chi connectivity index (χ4n) is 2.58. The Hall–Kier alpha value is -3.02. The molecule has 0 aliphatic heterocycles. The molecule has 1 aromatic heterocycles. The van der Waals surface area contributed by atoms with Gasteiger partial charge in [-0.25, -0.2) is 4.39 Å². The maximum Gasteiger partial charge on any atom is 0.255 e. The van der Waals surface area contributed by atoms with Gasteiger partial charge >= 0.3 is 0 Å². The summed E-state index contributed by atoms with van der Waals surface area (Å²) >= 11 is 0. The number of halogens is 1. The molecule has 0 unspecified atom stereocenters. The van der Waals surface area contributed by atoms with E-state index in [0.29, 0.717) is 34.4 Å². The van der Waals surface area contributed by atoms with Crippen molar-refractivity contribution in [2.45, 2.75) is 25.7 Å². The van der Waals surface area contributed by atoms with E-state index in [1.165, 1.54) is 12.1 Å². The van der Waals surface area contributed by atoms with Crippen molar-refractivity contribution in [1.82, 2.24) is 10.1 Å². The van der Waals surface area contributed by atoms with Crippen molar-refractivity contribution in [3.05, 3.63) is 65.3 Å². The zero-order valence-corrected chi connectivity index (χ0v) is 13.6. The average Bonchev–Trinajstić information content (AvgIpc) is 3.34. The lowest BCUT2D eigenvalue weighted by Crippen LogP contribution is -2.12. The van der Waals surface area contributed by atoms with Gasteiger partial charge in [0.25, 0.3) is 5.91 Å². The molecule has 0 bridgehead atoms. The van der Waals surface area contributed by atoms with Crippen LogP contribution < -0.4 is 5.32 Å². The third-order valence-corrected chi connectivity index (χ3v) is 4.21. The molecule has 0 radical (unpaired) electrons. The second-order valence-corrected chi connectivity index (χ2v) is 6.22. The minimum atomic E-state index is -0.328. The Labute approximate surface area is 143 Å². The van der Waals surface area contributed by atoms with Gasteiger partial charge in [0.05, 0.1) is 0 Å². The summed E-state index contributed by atoms with van der Waals surface area (Å²) in [6.07, 6.45) is 2.20. The minimum Gasteiger partial charge on any atom is -0.339 e. The Bertz CT molecular complexity index is 930. The number of amides is 1. The van der Waals surface area contributed by atoms with E-state index in [9.17, 15) is 9.18 Å². The van der Waals surface area contributed by atoms with Crippen LogP contribution in [0.5, 0.6) is 0 Å². The molecule has 1 N–H and O–H groups in total. The van der Waals surface area contributed by atoms with Crippen LogP contribution in [0.3, 0.4) is 0 Å². The van der Waals surface area contributed by atoms with E-state index in [0.717, 1.165) is 18.4 Å². The molecule has 126 valence electrons. The molecular weight excluding hydrogens is 321 g/mol. The zero-order valence-electron chi connectivity index (χ0n) is 13.6. The predicted octanol–water partition coefficient (Wildman–Crippen LogP) is 4.31. The van der Waals surface area contributed by atoms with E-state index in [1.807, 2.05) is 0 Å². The van der Waals surface area contributed by atoms with Crippen molar-refractivity contribution in [3.63, 3.8) is 0 Å². The smallest absolute Gasteiger partial charge is 0.255 e. The molecule has 0 spiro atoms. The lowest BCUT2D eigenvalue weighted by Gasteiger charge is -2.08. The number of aryl methyl sites for hydroxylation is 1. The fourth-order valence-corrected chi connectivity index (χ4v) is 2.58. The SMILES string of the molecule is Cc1cc(F)ccc1NC(=O)c1ccc(-c2noc(C3CC3)n2)cc1. The zero-order chi connectivity index (χ0) is 17.4. The highest BCUT2D eigenvalue weighted by Gasteiger charge is 2.29. The summed E-state index contributed by atoms with van der Waals surface area (Å²) in [6.45, 7) is 1.75. The molecule has 6 heteroatoms. The highest BCUT2D eigenvalue weighted by atomic mass is 19.1. The summed E-state index contributed by atoms with van der Waals surface area (Å²) in [6, 6.07) is 11.2. The van der Waals surface area contributed by atoms with Gasteiger partial charge < -0.3 is 9.84 Å². The van der Waals surface area contributed by atoms with Crippen LogP contribution in [0.2, 0.25) is 0 Å². The number of nitrogens with zero attached hydrogens (tertiary/aromatic N) is 2. The van der Waals surface area contributed by atoms with Crippen LogP contribution >= 0.6 is 0 Å². The summed E-state index contributed by atoms with van der Waals surface area (Å²) in [5, 5.41) is 6.77. The van der Waals surface area contributed by atoms with Gasteiger partial charge in [-0.15, -0.1) is 0 Å². The normalized spacial score (nSPS) is 13.7. The van der Waals surface area contributed by atoms with Gasteiger partial charge in [0.2, 0.25) is 11.7 Å². The van der Waals surface area contributed by atoms with Crippen LogP contribution in [0.25, 0.3) is 11.4 Å². The van der Waals surface area contributed by atoms with E-state index in [1.54, 1.807) is 37.3 Å². The molecular formula is C19H16FN3O2. The first-order valence-corrected chi connectivity index (χ1v) is 8.12. The lowest BCUT2D eigenvalue weighted by atomic mass is 10.1. The molecule has 0 atom stereocenters. The second kappa shape index (κ2) is 6.12. The number of anilines is 1. The van der Waals surface area contributed by atoms with Gasteiger partial charge in [0, 0.05) is 22.7 Å². The van der Waals surface area contributed by atoms with Crippen molar-refractivity contribution in [2.75, 3.05) is 5.32 Å². The monoisotopic (exact) mass is 337 g/mol. The standard InChI is InChI=1S/C19H16FN3O2/c1-11-10-15(20)8-9-16(11)21-18(24)13-4-2-12(3-5-13)17-22-19(25-23-17)14-6-7-14/h2-5,8-10,14H,6-7H2,1H3,(H,21,24). The van der Waals surface area contributed by atoms with E-state index in [-0.39, 0.29) is 11.7 Å². The van der Waals surface area contributed by atoms with Gasteiger partial charge in [-0.05, 0) is 55.7 Å². The summed E-state index contributed by atoms with van der Waals surface area (Å²) in [5.74, 6) is 1.04. The number of hydrogen-bond donors (Lipinski definition) is 1. The molecule has 1 heterocycles. The Morgan fingerprint density at radius 1 is 1.20 bits per heavy atom. The largest absolute Gasteiger partial charge is 0.339 e. The number of hydrogen-bond acceptors (Lipinski definition) is 4. The lowest BCUT2D eigenvalue weighted by molar-refractivity contribution is 0.102. The second-order valence-electron chi connectivity index (χ2n) is 6.22. The molecule has 25 heavy (non-hydrogen) atoms.